The van der Waals surface area contributed by atoms with Crippen LogP contribution in [0.25, 0.3) is 0 Å². The molecule has 0 N–H and O–H groups in total. The third-order valence-electron chi connectivity index (χ3n) is 9.75. The Kier molecular flexibility index (Phi) is 12.6. The van der Waals surface area contributed by atoms with Crippen molar-refractivity contribution in [2.75, 3.05) is 76.0 Å². The highest BCUT2D eigenvalue weighted by atomic mass is 19.1. The van der Waals surface area contributed by atoms with Gasteiger partial charge in [-0.15, -0.1) is 0 Å². The number of rotatable bonds is 11. The number of para-hydroxylation sites is 1. The number of pyridine rings is 1. The normalized spacial score (nSPS) is 17.1. The van der Waals surface area contributed by atoms with Crippen molar-refractivity contribution in [3.63, 3.8) is 0 Å². The van der Waals surface area contributed by atoms with Crippen molar-refractivity contribution in [1.82, 2.24) is 19.7 Å². The minimum absolute atomic E-state index is 0.00696. The molecule has 2 aliphatic rings. The molecule has 3 aromatic rings. The molecular formula is C40H55FN6O4. The lowest BCUT2D eigenvalue weighted by Crippen LogP contribution is -2.54. The molecule has 2 saturated heterocycles. The van der Waals surface area contributed by atoms with E-state index in [1.165, 1.54) is 34.6 Å². The second-order valence-corrected chi connectivity index (χ2v) is 14.9. The van der Waals surface area contributed by atoms with E-state index in [1.807, 2.05) is 32.6 Å². The number of benzene rings is 2. The summed E-state index contributed by atoms with van der Waals surface area (Å²) < 4.78 is 24.3. The van der Waals surface area contributed by atoms with E-state index in [0.717, 1.165) is 62.5 Å². The van der Waals surface area contributed by atoms with Crippen LogP contribution >= 0.6 is 0 Å². The Morgan fingerprint density at radius 2 is 1.67 bits per heavy atom. The smallest absolute Gasteiger partial charge is 0.412 e. The Hall–Kier alpha value is -4.22. The molecule has 10 nitrogen and oxygen atoms in total. The monoisotopic (exact) mass is 702 g/mol. The van der Waals surface area contributed by atoms with Crippen LogP contribution in [0.4, 0.5) is 20.7 Å². The van der Waals surface area contributed by atoms with E-state index in [1.54, 1.807) is 18.1 Å². The number of aromatic nitrogens is 1. The van der Waals surface area contributed by atoms with E-state index >= 15 is 0 Å². The second kappa shape index (κ2) is 16.9. The molecule has 5 rings (SSSR count). The van der Waals surface area contributed by atoms with Gasteiger partial charge in [-0.25, -0.2) is 14.2 Å². The molecule has 51 heavy (non-hydrogen) atoms. The summed E-state index contributed by atoms with van der Waals surface area (Å²) in [5.41, 5.74) is 6.10. The maximum absolute atomic E-state index is 13.9. The Balaban J connectivity index is 1.17. The second-order valence-electron chi connectivity index (χ2n) is 14.9. The van der Waals surface area contributed by atoms with Gasteiger partial charge in [0.05, 0.1) is 6.20 Å². The zero-order valence-corrected chi connectivity index (χ0v) is 31.5. The first-order chi connectivity index (χ1) is 24.3. The summed E-state index contributed by atoms with van der Waals surface area (Å²) >= 11 is 0. The third kappa shape index (κ3) is 9.98. The first kappa shape index (κ1) is 38.0. The van der Waals surface area contributed by atoms with Crippen molar-refractivity contribution >= 4 is 23.5 Å². The van der Waals surface area contributed by atoms with Crippen LogP contribution in [0.5, 0.6) is 0 Å². The van der Waals surface area contributed by atoms with Crippen LogP contribution in [0.15, 0.2) is 54.7 Å². The lowest BCUT2D eigenvalue weighted by Gasteiger charge is -2.40. The van der Waals surface area contributed by atoms with Crippen LogP contribution in [-0.2, 0) is 22.4 Å². The maximum atomic E-state index is 13.9. The fourth-order valence-corrected chi connectivity index (χ4v) is 7.04. The summed E-state index contributed by atoms with van der Waals surface area (Å²) in [4.78, 5) is 41.5. The highest BCUT2D eigenvalue weighted by Crippen LogP contribution is 2.26. The predicted molar refractivity (Wildman–Crippen MR) is 200 cm³/mol. The number of methoxy groups -OCH3 is 1. The molecule has 0 radical (unpaired) electrons. The third-order valence-corrected chi connectivity index (χ3v) is 9.75. The van der Waals surface area contributed by atoms with Crippen molar-refractivity contribution in [2.45, 2.75) is 72.6 Å². The molecular weight excluding hydrogens is 647 g/mol. The lowest BCUT2D eigenvalue weighted by atomic mass is 9.97. The lowest BCUT2D eigenvalue weighted by molar-refractivity contribution is -0.00311. The van der Waals surface area contributed by atoms with Crippen molar-refractivity contribution in [3.8, 4) is 0 Å². The highest BCUT2D eigenvalue weighted by molar-refractivity contribution is 5.96. The topological polar surface area (TPSA) is 81.7 Å². The van der Waals surface area contributed by atoms with Gasteiger partial charge in [0.1, 0.15) is 24.0 Å². The number of aryl methyl sites for hydroxylation is 3. The van der Waals surface area contributed by atoms with Crippen molar-refractivity contribution < 1.29 is 23.5 Å². The average molecular weight is 703 g/mol. The van der Waals surface area contributed by atoms with E-state index in [2.05, 4.69) is 69.9 Å². The maximum Gasteiger partial charge on any atom is 0.412 e. The quantitative estimate of drug-likeness (QED) is 0.216. The van der Waals surface area contributed by atoms with E-state index < -0.39 is 5.60 Å². The number of halogens is 1. The average Bonchev–Trinajstić information content (AvgIpc) is 3.09. The number of hydrogen-bond acceptors (Lipinski definition) is 8. The standard InChI is InChI=1S/C40H55FN6O4/c1-29-23-30(2)35(38(48)47-22-21-45(26-31(47)3)37-15-14-34(41)25-42-37)24-33(29)27-43-17-19-44(20-18-43)36-13-9-8-11-32(36)12-10-16-46(28-50-7)39(49)51-40(4,5)6/h8-9,11,13-15,23-25,31H,10,12,16-22,26-28H2,1-7H3/t31-/m0/s1. The summed E-state index contributed by atoms with van der Waals surface area (Å²) in [6.45, 7) is 18.9. The van der Waals surface area contributed by atoms with E-state index in [0.29, 0.717) is 26.2 Å². The van der Waals surface area contributed by atoms with Gasteiger partial charge in [-0.1, -0.05) is 24.3 Å². The van der Waals surface area contributed by atoms with Crippen LogP contribution in [0.3, 0.4) is 0 Å². The van der Waals surface area contributed by atoms with Crippen molar-refractivity contribution in [1.29, 1.82) is 0 Å². The minimum atomic E-state index is -0.559. The Morgan fingerprint density at radius 3 is 2.33 bits per heavy atom. The Bertz CT molecular complexity index is 1640. The van der Waals surface area contributed by atoms with Gasteiger partial charge in [0.15, 0.2) is 0 Å². The number of hydrogen-bond donors (Lipinski definition) is 0. The summed E-state index contributed by atoms with van der Waals surface area (Å²) in [6.07, 6.45) is 2.52. The summed E-state index contributed by atoms with van der Waals surface area (Å²) in [5.74, 6) is 0.442. The molecule has 1 atom stereocenters. The van der Waals surface area contributed by atoms with E-state index in [4.69, 9.17) is 9.47 Å². The molecule has 0 aliphatic carbocycles. The highest BCUT2D eigenvalue weighted by Gasteiger charge is 2.30. The van der Waals surface area contributed by atoms with Crippen LogP contribution in [0.1, 0.15) is 66.7 Å². The van der Waals surface area contributed by atoms with Crippen LogP contribution < -0.4 is 9.80 Å². The molecule has 2 amide bonds. The molecule has 0 spiro atoms. The van der Waals surface area contributed by atoms with Gasteiger partial charge in [0.2, 0.25) is 0 Å². The van der Waals surface area contributed by atoms with Gasteiger partial charge < -0.3 is 24.2 Å². The Labute approximate surface area is 303 Å². The number of nitrogens with zero attached hydrogens (tertiary/aromatic N) is 6. The molecule has 11 heteroatoms. The molecule has 2 aliphatic heterocycles. The van der Waals surface area contributed by atoms with Gasteiger partial charge in [-0.05, 0) is 101 Å². The fraction of sp³-hybridized carbons (Fsp3) is 0.525. The minimum Gasteiger partial charge on any atom is -0.444 e. The van der Waals surface area contributed by atoms with Gasteiger partial charge in [-0.3, -0.25) is 14.6 Å². The molecule has 2 aromatic carbocycles. The number of carbonyl (C=O) groups excluding carboxylic acids is 2. The SMILES string of the molecule is COCN(CCCc1ccccc1N1CCN(Cc2cc(C(=O)N3CCN(c4ccc(F)cn4)C[C@@H]3C)c(C)cc2C)CC1)C(=O)OC(C)(C)C. The van der Waals surface area contributed by atoms with E-state index in [9.17, 15) is 14.0 Å². The number of carbonyl (C=O) groups is 2. The van der Waals surface area contributed by atoms with Crippen molar-refractivity contribution in [3.05, 3.63) is 88.4 Å². The molecule has 0 unspecified atom stereocenters. The molecule has 3 heterocycles. The van der Waals surface area contributed by atoms with Gasteiger partial charge in [0.25, 0.3) is 5.91 Å². The Morgan fingerprint density at radius 1 is 0.941 bits per heavy atom. The first-order valence-corrected chi connectivity index (χ1v) is 18.1. The van der Waals surface area contributed by atoms with Gasteiger partial charge >= 0.3 is 6.09 Å². The van der Waals surface area contributed by atoms with Gasteiger partial charge in [-0.2, -0.15) is 0 Å². The van der Waals surface area contributed by atoms with Crippen molar-refractivity contribution in [2.24, 2.45) is 0 Å². The molecule has 0 bridgehead atoms. The number of ether oxygens (including phenoxy) is 2. The zero-order valence-electron chi connectivity index (χ0n) is 31.5. The van der Waals surface area contributed by atoms with Crippen LogP contribution in [-0.4, -0.2) is 110 Å². The van der Waals surface area contributed by atoms with Gasteiger partial charge in [0, 0.05) is 83.3 Å². The summed E-state index contributed by atoms with van der Waals surface area (Å²) in [6, 6.07) is 15.9. The van der Waals surface area contributed by atoms with E-state index in [-0.39, 0.29) is 30.6 Å². The van der Waals surface area contributed by atoms with Crippen LogP contribution in [0, 0.1) is 19.7 Å². The molecule has 1 aromatic heterocycles. The predicted octanol–water partition coefficient (Wildman–Crippen LogP) is 6.28. The first-order valence-electron chi connectivity index (χ1n) is 18.1. The molecule has 276 valence electrons. The zero-order chi connectivity index (χ0) is 36.7. The fourth-order valence-electron chi connectivity index (χ4n) is 7.04. The number of anilines is 2. The summed E-state index contributed by atoms with van der Waals surface area (Å²) in [5, 5.41) is 0. The number of piperazine rings is 2. The molecule has 2 fully saturated rings. The molecule has 0 saturated carbocycles. The summed E-state index contributed by atoms with van der Waals surface area (Å²) in [7, 11) is 1.59. The van der Waals surface area contributed by atoms with Crippen LogP contribution in [0.2, 0.25) is 0 Å². The largest absolute Gasteiger partial charge is 0.444 e. The number of amides is 2.